The third-order valence-electron chi connectivity index (χ3n) is 2.98. The van der Waals surface area contributed by atoms with Crippen LogP contribution in [0.2, 0.25) is 5.02 Å². The lowest BCUT2D eigenvalue weighted by Crippen LogP contribution is -2.24. The van der Waals surface area contributed by atoms with Crippen LogP contribution >= 0.6 is 11.6 Å². The molecule has 90 valence electrons. The molecule has 0 bridgehead atoms. The third-order valence-corrected chi connectivity index (χ3v) is 3.29. The van der Waals surface area contributed by atoms with E-state index in [4.69, 9.17) is 11.6 Å². The van der Waals surface area contributed by atoms with Gasteiger partial charge in [0.15, 0.2) is 0 Å². The summed E-state index contributed by atoms with van der Waals surface area (Å²) in [5.74, 6) is -0.238. The van der Waals surface area contributed by atoms with Crippen molar-refractivity contribution in [1.29, 1.82) is 0 Å². The van der Waals surface area contributed by atoms with E-state index in [-0.39, 0.29) is 11.2 Å². The molecule has 0 fully saturated rings. The number of rotatable bonds is 4. The summed E-state index contributed by atoms with van der Waals surface area (Å²) in [6.07, 6.45) is 0.967. The molecule has 0 amide bonds. The van der Waals surface area contributed by atoms with Crippen molar-refractivity contribution in [2.45, 2.75) is 32.6 Å². The molecule has 0 unspecified atom stereocenters. The summed E-state index contributed by atoms with van der Waals surface area (Å²) in [6, 6.07) is 3.26. The quantitative estimate of drug-likeness (QED) is 0.851. The van der Waals surface area contributed by atoms with Gasteiger partial charge in [-0.05, 0) is 49.5 Å². The van der Waals surface area contributed by atoms with Gasteiger partial charge in [0, 0.05) is 5.02 Å². The normalized spacial score (nSPS) is 11.9. The Morgan fingerprint density at radius 2 is 2.00 bits per heavy atom. The second kappa shape index (κ2) is 5.15. The molecule has 0 aliphatic rings. The summed E-state index contributed by atoms with van der Waals surface area (Å²) in [7, 11) is 1.92. The van der Waals surface area contributed by atoms with Crippen molar-refractivity contribution < 1.29 is 4.39 Å². The van der Waals surface area contributed by atoms with Crippen LogP contribution in [-0.2, 0) is 5.41 Å². The minimum atomic E-state index is -0.238. The number of halogens is 2. The molecule has 1 rings (SSSR count). The molecule has 0 aliphatic carbocycles. The van der Waals surface area contributed by atoms with Crippen molar-refractivity contribution in [1.82, 2.24) is 5.32 Å². The van der Waals surface area contributed by atoms with Crippen molar-refractivity contribution in [2.24, 2.45) is 0 Å². The van der Waals surface area contributed by atoms with Gasteiger partial charge < -0.3 is 5.32 Å². The van der Waals surface area contributed by atoms with Crippen LogP contribution in [0.1, 0.15) is 31.4 Å². The molecule has 0 radical (unpaired) electrons. The maximum absolute atomic E-state index is 13.3. The molecule has 3 heteroatoms. The van der Waals surface area contributed by atoms with Gasteiger partial charge in [-0.15, -0.1) is 0 Å². The SMILES string of the molecule is CNCCC(C)(C)c1cc(C)c(F)cc1Cl. The zero-order chi connectivity index (χ0) is 12.3. The maximum atomic E-state index is 13.3. The lowest BCUT2D eigenvalue weighted by Gasteiger charge is -2.27. The van der Waals surface area contributed by atoms with Crippen molar-refractivity contribution in [3.8, 4) is 0 Å². The second-order valence-electron chi connectivity index (χ2n) is 4.82. The topological polar surface area (TPSA) is 12.0 Å². The lowest BCUT2D eigenvalue weighted by atomic mass is 9.81. The smallest absolute Gasteiger partial charge is 0.127 e. The van der Waals surface area contributed by atoms with Gasteiger partial charge in [-0.2, -0.15) is 0 Å². The van der Waals surface area contributed by atoms with E-state index in [9.17, 15) is 4.39 Å². The molecule has 0 atom stereocenters. The highest BCUT2D eigenvalue weighted by Gasteiger charge is 2.23. The van der Waals surface area contributed by atoms with Gasteiger partial charge in [0.25, 0.3) is 0 Å². The van der Waals surface area contributed by atoms with E-state index >= 15 is 0 Å². The van der Waals surface area contributed by atoms with Gasteiger partial charge in [0.2, 0.25) is 0 Å². The Morgan fingerprint density at radius 3 is 2.56 bits per heavy atom. The Bertz CT molecular complexity index is 374. The zero-order valence-electron chi connectivity index (χ0n) is 10.3. The van der Waals surface area contributed by atoms with Gasteiger partial charge in [-0.3, -0.25) is 0 Å². The van der Waals surface area contributed by atoms with Crippen LogP contribution in [0.5, 0.6) is 0 Å². The first-order valence-corrected chi connectivity index (χ1v) is 5.87. The van der Waals surface area contributed by atoms with Crippen LogP contribution in [0, 0.1) is 12.7 Å². The molecular weight excluding hydrogens is 225 g/mol. The summed E-state index contributed by atoms with van der Waals surface area (Å²) in [5.41, 5.74) is 1.62. The fraction of sp³-hybridized carbons (Fsp3) is 0.538. The van der Waals surface area contributed by atoms with Crippen LogP contribution < -0.4 is 5.32 Å². The summed E-state index contributed by atoms with van der Waals surface area (Å²) in [4.78, 5) is 0. The molecule has 0 aromatic heterocycles. The Hall–Kier alpha value is -0.600. The van der Waals surface area contributed by atoms with E-state index < -0.39 is 0 Å². The highest BCUT2D eigenvalue weighted by atomic mass is 35.5. The van der Waals surface area contributed by atoms with Gasteiger partial charge in [0.1, 0.15) is 5.82 Å². The standard InChI is InChI=1S/C13H19ClFN/c1-9-7-10(11(14)8-12(9)15)13(2,3)5-6-16-4/h7-8,16H,5-6H2,1-4H3. The molecule has 1 aromatic carbocycles. The average Bonchev–Trinajstić information content (AvgIpc) is 2.20. The molecule has 1 nitrogen and oxygen atoms in total. The monoisotopic (exact) mass is 243 g/mol. The van der Waals surface area contributed by atoms with Crippen LogP contribution in [-0.4, -0.2) is 13.6 Å². The number of hydrogen-bond acceptors (Lipinski definition) is 1. The Labute approximate surface area is 102 Å². The average molecular weight is 244 g/mol. The van der Waals surface area contributed by atoms with Crippen molar-refractivity contribution in [3.05, 3.63) is 34.1 Å². The molecule has 0 heterocycles. The molecule has 1 aromatic rings. The van der Waals surface area contributed by atoms with E-state index in [0.717, 1.165) is 18.5 Å². The zero-order valence-corrected chi connectivity index (χ0v) is 11.1. The molecule has 16 heavy (non-hydrogen) atoms. The second-order valence-corrected chi connectivity index (χ2v) is 5.23. The first-order chi connectivity index (χ1) is 7.38. The van der Waals surface area contributed by atoms with Crippen molar-refractivity contribution in [2.75, 3.05) is 13.6 Å². The van der Waals surface area contributed by atoms with Gasteiger partial charge in [-0.1, -0.05) is 31.5 Å². The number of benzene rings is 1. The fourth-order valence-electron chi connectivity index (χ4n) is 1.75. The van der Waals surface area contributed by atoms with Crippen LogP contribution in [0.4, 0.5) is 4.39 Å². The van der Waals surface area contributed by atoms with Crippen molar-refractivity contribution in [3.63, 3.8) is 0 Å². The Balaban J connectivity index is 3.07. The summed E-state index contributed by atoms with van der Waals surface area (Å²) in [6.45, 7) is 6.94. The highest BCUT2D eigenvalue weighted by Crippen LogP contribution is 2.33. The predicted molar refractivity (Wildman–Crippen MR) is 67.7 cm³/mol. The maximum Gasteiger partial charge on any atom is 0.127 e. The van der Waals surface area contributed by atoms with E-state index in [1.807, 2.05) is 13.1 Å². The molecule has 0 spiro atoms. The summed E-state index contributed by atoms with van der Waals surface area (Å²) >= 11 is 6.10. The first kappa shape index (κ1) is 13.5. The number of hydrogen-bond donors (Lipinski definition) is 1. The minimum Gasteiger partial charge on any atom is -0.320 e. The number of aryl methyl sites for hydroxylation is 1. The summed E-state index contributed by atoms with van der Waals surface area (Å²) < 4.78 is 13.3. The molecular formula is C13H19ClFN. The van der Waals surface area contributed by atoms with E-state index in [2.05, 4.69) is 19.2 Å². The van der Waals surface area contributed by atoms with Crippen molar-refractivity contribution >= 4 is 11.6 Å². The van der Waals surface area contributed by atoms with E-state index in [1.54, 1.807) is 6.92 Å². The molecule has 0 aliphatic heterocycles. The molecule has 1 N–H and O–H groups in total. The Morgan fingerprint density at radius 1 is 1.38 bits per heavy atom. The Kier molecular flexibility index (Phi) is 4.34. The van der Waals surface area contributed by atoms with Gasteiger partial charge in [-0.25, -0.2) is 4.39 Å². The van der Waals surface area contributed by atoms with Crippen LogP contribution in [0.25, 0.3) is 0 Å². The van der Waals surface area contributed by atoms with Gasteiger partial charge >= 0.3 is 0 Å². The summed E-state index contributed by atoms with van der Waals surface area (Å²) in [5, 5.41) is 3.64. The molecule has 0 saturated carbocycles. The van der Waals surface area contributed by atoms with E-state index in [0.29, 0.717) is 10.6 Å². The predicted octanol–water partition coefficient (Wildman–Crippen LogP) is 3.67. The van der Waals surface area contributed by atoms with Crippen LogP contribution in [0.3, 0.4) is 0 Å². The highest BCUT2D eigenvalue weighted by molar-refractivity contribution is 6.31. The number of nitrogens with one attached hydrogen (secondary N) is 1. The third kappa shape index (κ3) is 2.96. The first-order valence-electron chi connectivity index (χ1n) is 5.49. The minimum absolute atomic E-state index is 0.0431. The van der Waals surface area contributed by atoms with Gasteiger partial charge in [0.05, 0.1) is 0 Å². The van der Waals surface area contributed by atoms with E-state index in [1.165, 1.54) is 6.07 Å². The lowest BCUT2D eigenvalue weighted by molar-refractivity contribution is 0.467. The largest absolute Gasteiger partial charge is 0.320 e. The fourth-order valence-corrected chi connectivity index (χ4v) is 2.15. The molecule has 0 saturated heterocycles. The van der Waals surface area contributed by atoms with Crippen LogP contribution in [0.15, 0.2) is 12.1 Å².